The van der Waals surface area contributed by atoms with E-state index in [1.807, 2.05) is 54.6 Å². The second kappa shape index (κ2) is 5.89. The van der Waals surface area contributed by atoms with Crippen molar-refractivity contribution < 1.29 is 14.6 Å². The first-order valence-electron chi connectivity index (χ1n) is 7.70. The van der Waals surface area contributed by atoms with Crippen LogP contribution < -0.4 is 9.47 Å². The van der Waals surface area contributed by atoms with E-state index in [2.05, 4.69) is 4.98 Å². The van der Waals surface area contributed by atoms with Gasteiger partial charge in [-0.25, -0.2) is 4.98 Å². The molecule has 0 bridgehead atoms. The van der Waals surface area contributed by atoms with Crippen molar-refractivity contribution in [3.63, 3.8) is 0 Å². The first-order chi connectivity index (χ1) is 11.3. The number of aliphatic hydroxyl groups is 1. The van der Waals surface area contributed by atoms with Gasteiger partial charge in [-0.2, -0.15) is 0 Å². The van der Waals surface area contributed by atoms with E-state index in [1.165, 1.54) is 0 Å². The monoisotopic (exact) mass is 307 g/mol. The summed E-state index contributed by atoms with van der Waals surface area (Å²) in [4.78, 5) is 4.56. The SMILES string of the molecule is OC1COc2ccc3nc(OCc4ccccc4)ccc3c2C1. The van der Waals surface area contributed by atoms with Gasteiger partial charge in [0.25, 0.3) is 0 Å². The van der Waals surface area contributed by atoms with Gasteiger partial charge < -0.3 is 14.6 Å². The molecule has 0 fully saturated rings. The Hall–Kier alpha value is -2.59. The van der Waals surface area contributed by atoms with Crippen LogP contribution in [0.5, 0.6) is 11.6 Å². The molecule has 4 rings (SSSR count). The number of rotatable bonds is 3. The Morgan fingerprint density at radius 3 is 2.83 bits per heavy atom. The Balaban J connectivity index is 1.61. The van der Waals surface area contributed by atoms with Crippen LogP contribution in [0.3, 0.4) is 0 Å². The normalized spacial score (nSPS) is 16.7. The Morgan fingerprint density at radius 2 is 1.96 bits per heavy atom. The molecule has 0 aliphatic carbocycles. The van der Waals surface area contributed by atoms with Crippen LogP contribution in [0, 0.1) is 0 Å². The molecule has 3 aromatic rings. The molecule has 0 radical (unpaired) electrons. The average molecular weight is 307 g/mol. The van der Waals surface area contributed by atoms with Crippen molar-refractivity contribution in [1.82, 2.24) is 4.98 Å². The molecule has 0 spiro atoms. The predicted molar refractivity (Wildman–Crippen MR) is 87.7 cm³/mol. The molecular weight excluding hydrogens is 290 g/mol. The molecule has 0 amide bonds. The summed E-state index contributed by atoms with van der Waals surface area (Å²) in [6.07, 6.45) is 0.139. The summed E-state index contributed by atoms with van der Waals surface area (Å²) in [5.74, 6) is 1.43. The van der Waals surface area contributed by atoms with Gasteiger partial charge in [-0.05, 0) is 23.8 Å². The fourth-order valence-corrected chi connectivity index (χ4v) is 2.86. The van der Waals surface area contributed by atoms with Crippen LogP contribution in [-0.2, 0) is 13.0 Å². The van der Waals surface area contributed by atoms with Gasteiger partial charge in [0.1, 0.15) is 19.0 Å². The first kappa shape index (κ1) is 14.0. The van der Waals surface area contributed by atoms with Gasteiger partial charge in [0.2, 0.25) is 5.88 Å². The van der Waals surface area contributed by atoms with E-state index in [-0.39, 0.29) is 0 Å². The van der Waals surface area contributed by atoms with Crippen LogP contribution in [0.15, 0.2) is 54.6 Å². The zero-order valence-electron chi connectivity index (χ0n) is 12.6. The summed E-state index contributed by atoms with van der Waals surface area (Å²) in [5.41, 5.74) is 2.98. The number of fused-ring (bicyclic) bond motifs is 3. The zero-order chi connectivity index (χ0) is 15.6. The molecule has 1 atom stereocenters. The van der Waals surface area contributed by atoms with E-state index in [1.54, 1.807) is 0 Å². The smallest absolute Gasteiger partial charge is 0.214 e. The molecule has 1 unspecified atom stereocenters. The van der Waals surface area contributed by atoms with Gasteiger partial charge in [-0.1, -0.05) is 30.3 Å². The summed E-state index contributed by atoms with van der Waals surface area (Å²) >= 11 is 0. The molecule has 23 heavy (non-hydrogen) atoms. The third-order valence-electron chi connectivity index (χ3n) is 4.01. The van der Waals surface area contributed by atoms with Gasteiger partial charge in [0.05, 0.1) is 11.6 Å². The summed E-state index contributed by atoms with van der Waals surface area (Å²) in [6, 6.07) is 17.7. The molecule has 4 nitrogen and oxygen atoms in total. The van der Waals surface area contributed by atoms with Crippen LogP contribution in [0.4, 0.5) is 0 Å². The lowest BCUT2D eigenvalue weighted by molar-refractivity contribution is 0.0927. The number of pyridine rings is 1. The minimum Gasteiger partial charge on any atom is -0.491 e. The molecule has 1 aliphatic rings. The number of aliphatic hydroxyl groups excluding tert-OH is 1. The van der Waals surface area contributed by atoms with Crippen LogP contribution in [-0.4, -0.2) is 22.8 Å². The number of benzene rings is 2. The van der Waals surface area contributed by atoms with Crippen LogP contribution in [0.1, 0.15) is 11.1 Å². The zero-order valence-corrected chi connectivity index (χ0v) is 12.6. The second-order valence-electron chi connectivity index (χ2n) is 5.70. The highest BCUT2D eigenvalue weighted by Gasteiger charge is 2.20. The molecule has 1 N–H and O–H groups in total. The molecule has 1 aromatic heterocycles. The van der Waals surface area contributed by atoms with Crippen LogP contribution in [0.2, 0.25) is 0 Å². The van der Waals surface area contributed by atoms with Crippen molar-refractivity contribution >= 4 is 10.9 Å². The van der Waals surface area contributed by atoms with Gasteiger partial charge in [0.15, 0.2) is 0 Å². The fraction of sp³-hybridized carbons (Fsp3) is 0.211. The molecule has 2 heterocycles. The van der Waals surface area contributed by atoms with Crippen molar-refractivity contribution in [1.29, 1.82) is 0 Å². The van der Waals surface area contributed by atoms with E-state index in [0.29, 0.717) is 25.5 Å². The second-order valence-corrected chi connectivity index (χ2v) is 5.70. The van der Waals surface area contributed by atoms with Crippen LogP contribution in [0.25, 0.3) is 10.9 Å². The maximum atomic E-state index is 9.81. The maximum Gasteiger partial charge on any atom is 0.214 e. The highest BCUT2D eigenvalue weighted by atomic mass is 16.5. The predicted octanol–water partition coefficient (Wildman–Crippen LogP) is 3.11. The average Bonchev–Trinajstić information content (AvgIpc) is 2.60. The lowest BCUT2D eigenvalue weighted by atomic mass is 9.99. The summed E-state index contributed by atoms with van der Waals surface area (Å²) < 4.78 is 11.3. The lowest BCUT2D eigenvalue weighted by Crippen LogP contribution is -2.25. The third-order valence-corrected chi connectivity index (χ3v) is 4.01. The van der Waals surface area contributed by atoms with Crippen molar-refractivity contribution in [2.75, 3.05) is 6.61 Å². The molecule has 1 aliphatic heterocycles. The Morgan fingerprint density at radius 1 is 1.09 bits per heavy atom. The van der Waals surface area contributed by atoms with Gasteiger partial charge in [-0.3, -0.25) is 0 Å². The quantitative estimate of drug-likeness (QED) is 0.808. The molecule has 0 saturated heterocycles. The van der Waals surface area contributed by atoms with E-state index in [9.17, 15) is 5.11 Å². The first-order valence-corrected chi connectivity index (χ1v) is 7.70. The molecule has 2 aromatic carbocycles. The number of nitrogens with zero attached hydrogens (tertiary/aromatic N) is 1. The minimum absolute atomic E-state index is 0.351. The Bertz CT molecular complexity index is 833. The van der Waals surface area contributed by atoms with Gasteiger partial charge in [0, 0.05) is 23.4 Å². The van der Waals surface area contributed by atoms with Crippen LogP contribution >= 0.6 is 0 Å². The molecule has 4 heteroatoms. The number of ether oxygens (including phenoxy) is 2. The number of hydrogen-bond acceptors (Lipinski definition) is 4. The van der Waals surface area contributed by atoms with E-state index in [0.717, 1.165) is 27.8 Å². The van der Waals surface area contributed by atoms with Crippen molar-refractivity contribution in [2.24, 2.45) is 0 Å². The largest absolute Gasteiger partial charge is 0.491 e. The van der Waals surface area contributed by atoms with E-state index >= 15 is 0 Å². The molecule has 0 saturated carbocycles. The number of aromatic nitrogens is 1. The fourth-order valence-electron chi connectivity index (χ4n) is 2.86. The molecular formula is C19H17NO3. The van der Waals surface area contributed by atoms with Crippen molar-refractivity contribution in [3.8, 4) is 11.6 Å². The highest BCUT2D eigenvalue weighted by Crippen LogP contribution is 2.32. The third kappa shape index (κ3) is 2.85. The Kier molecular flexibility index (Phi) is 3.60. The maximum absolute atomic E-state index is 9.81. The van der Waals surface area contributed by atoms with E-state index < -0.39 is 6.10 Å². The highest BCUT2D eigenvalue weighted by molar-refractivity contribution is 5.85. The number of hydrogen-bond donors (Lipinski definition) is 1. The molecule has 116 valence electrons. The van der Waals surface area contributed by atoms with Gasteiger partial charge in [-0.15, -0.1) is 0 Å². The lowest BCUT2D eigenvalue weighted by Gasteiger charge is -2.22. The standard InChI is InChI=1S/C19H17NO3/c21-14-10-16-15-6-9-19(23-11-13-4-2-1-3-5-13)20-17(15)7-8-18(16)22-12-14/h1-9,14,21H,10-12H2. The minimum atomic E-state index is -0.456. The Labute approximate surface area is 134 Å². The summed E-state index contributed by atoms with van der Waals surface area (Å²) in [5, 5.41) is 10.8. The van der Waals surface area contributed by atoms with Crippen molar-refractivity contribution in [3.05, 3.63) is 65.7 Å². The van der Waals surface area contributed by atoms with Gasteiger partial charge >= 0.3 is 0 Å². The van der Waals surface area contributed by atoms with Crippen molar-refractivity contribution in [2.45, 2.75) is 19.1 Å². The summed E-state index contributed by atoms with van der Waals surface area (Å²) in [7, 11) is 0. The van der Waals surface area contributed by atoms with E-state index in [4.69, 9.17) is 9.47 Å². The topological polar surface area (TPSA) is 51.6 Å². The summed E-state index contributed by atoms with van der Waals surface area (Å²) in [6.45, 7) is 0.844.